The van der Waals surface area contributed by atoms with E-state index in [-0.39, 0.29) is 19.1 Å². The van der Waals surface area contributed by atoms with E-state index in [1.807, 2.05) is 0 Å². The van der Waals surface area contributed by atoms with Gasteiger partial charge in [0.1, 0.15) is 0 Å². The van der Waals surface area contributed by atoms with Gasteiger partial charge in [0.2, 0.25) is 0 Å². The topological polar surface area (TPSA) is 95.9 Å². The van der Waals surface area contributed by atoms with Crippen LogP contribution in [0.25, 0.3) is 0 Å². The fraction of sp³-hybridized carbons (Fsp3) is 0.846. The van der Waals surface area contributed by atoms with Crippen LogP contribution in [-0.4, -0.2) is 40.5 Å². The number of carboxylic acid groups (broad SMARTS) is 1. The van der Waals surface area contributed by atoms with E-state index < -0.39 is 17.7 Å². The molecule has 0 heterocycles. The number of alkyl carbamates (subject to hydrolysis) is 1. The quantitative estimate of drug-likeness (QED) is 0.684. The van der Waals surface area contributed by atoms with Gasteiger partial charge in [-0.15, -0.1) is 0 Å². The highest BCUT2D eigenvalue weighted by Gasteiger charge is 2.39. The van der Waals surface area contributed by atoms with Crippen molar-refractivity contribution in [2.24, 2.45) is 0 Å². The van der Waals surface area contributed by atoms with Gasteiger partial charge in [-0.05, 0) is 32.6 Å². The number of hydrogen-bond acceptors (Lipinski definition) is 4. The number of carboxylic acids is 1. The Hall–Kier alpha value is -1.30. The lowest BCUT2D eigenvalue weighted by Gasteiger charge is -2.40. The van der Waals surface area contributed by atoms with Crippen molar-refractivity contribution < 1.29 is 24.5 Å². The fourth-order valence-corrected chi connectivity index (χ4v) is 2.59. The van der Waals surface area contributed by atoms with Crippen LogP contribution in [0.2, 0.25) is 0 Å². The second-order valence-electron chi connectivity index (χ2n) is 5.01. The summed E-state index contributed by atoms with van der Waals surface area (Å²) >= 11 is 0. The zero-order chi connectivity index (χ0) is 14.3. The number of hydrogen-bond donors (Lipinski definition) is 3. The van der Waals surface area contributed by atoms with Crippen molar-refractivity contribution in [2.45, 2.75) is 63.5 Å². The van der Waals surface area contributed by atoms with Gasteiger partial charge in [0.15, 0.2) is 0 Å². The zero-order valence-corrected chi connectivity index (χ0v) is 11.4. The van der Waals surface area contributed by atoms with Crippen molar-refractivity contribution in [1.82, 2.24) is 5.32 Å². The number of ether oxygens (including phenoxy) is 1. The van der Waals surface area contributed by atoms with Crippen LogP contribution in [0.4, 0.5) is 4.79 Å². The predicted molar refractivity (Wildman–Crippen MR) is 68.9 cm³/mol. The summed E-state index contributed by atoms with van der Waals surface area (Å²) in [6, 6.07) is -0.353. The van der Waals surface area contributed by atoms with E-state index in [1.54, 1.807) is 6.92 Å². The van der Waals surface area contributed by atoms with E-state index >= 15 is 0 Å². The summed E-state index contributed by atoms with van der Waals surface area (Å²) in [6.07, 6.45) is 3.43. The summed E-state index contributed by atoms with van der Waals surface area (Å²) in [5.74, 6) is -0.866. The summed E-state index contributed by atoms with van der Waals surface area (Å²) in [5.41, 5.74) is -1.01. The molecule has 0 aromatic carbocycles. The maximum atomic E-state index is 11.4. The molecule has 110 valence electrons. The minimum Gasteiger partial charge on any atom is -0.481 e. The van der Waals surface area contributed by atoms with Gasteiger partial charge in [0, 0.05) is 6.42 Å². The van der Waals surface area contributed by atoms with Gasteiger partial charge in [-0.25, -0.2) is 4.79 Å². The summed E-state index contributed by atoms with van der Waals surface area (Å²) in [4.78, 5) is 22.0. The fourth-order valence-electron chi connectivity index (χ4n) is 2.59. The molecule has 0 saturated heterocycles. The molecule has 0 aromatic heterocycles. The summed E-state index contributed by atoms with van der Waals surface area (Å²) < 4.78 is 4.83. The molecule has 1 aliphatic carbocycles. The van der Waals surface area contributed by atoms with E-state index in [0.29, 0.717) is 25.7 Å². The van der Waals surface area contributed by atoms with Crippen LogP contribution in [0, 0.1) is 0 Å². The Morgan fingerprint density at radius 1 is 1.42 bits per heavy atom. The van der Waals surface area contributed by atoms with Crippen molar-refractivity contribution in [3.63, 3.8) is 0 Å². The van der Waals surface area contributed by atoms with E-state index in [1.165, 1.54) is 0 Å². The number of aliphatic hydroxyl groups is 1. The lowest BCUT2D eigenvalue weighted by Crippen LogP contribution is -2.54. The van der Waals surface area contributed by atoms with Gasteiger partial charge in [0.05, 0.1) is 18.2 Å². The van der Waals surface area contributed by atoms with Crippen molar-refractivity contribution in [3.8, 4) is 0 Å². The Balaban J connectivity index is 2.54. The number of aliphatic carboxylic acids is 1. The van der Waals surface area contributed by atoms with Gasteiger partial charge < -0.3 is 20.3 Å². The van der Waals surface area contributed by atoms with Gasteiger partial charge in [-0.1, -0.05) is 12.8 Å². The summed E-state index contributed by atoms with van der Waals surface area (Å²) in [7, 11) is 0. The van der Waals surface area contributed by atoms with Crippen molar-refractivity contribution in [2.75, 3.05) is 6.61 Å². The molecule has 0 bridgehead atoms. The maximum Gasteiger partial charge on any atom is 0.407 e. The third-order valence-electron chi connectivity index (χ3n) is 3.57. The van der Waals surface area contributed by atoms with Crippen LogP contribution in [0.1, 0.15) is 51.9 Å². The molecule has 0 spiro atoms. The SMILES string of the molecule is CCOC(=O)N[C@H]1CCCC[C@@]1(O)CCCC(=O)O. The molecule has 0 unspecified atom stereocenters. The minimum absolute atomic E-state index is 0.0361. The molecule has 6 heteroatoms. The first-order chi connectivity index (χ1) is 8.98. The molecular weight excluding hydrogens is 250 g/mol. The molecule has 6 nitrogen and oxygen atoms in total. The highest BCUT2D eigenvalue weighted by molar-refractivity contribution is 5.68. The van der Waals surface area contributed by atoms with Crippen LogP contribution >= 0.6 is 0 Å². The first kappa shape index (κ1) is 15.8. The molecule has 19 heavy (non-hydrogen) atoms. The van der Waals surface area contributed by atoms with E-state index in [9.17, 15) is 14.7 Å². The lowest BCUT2D eigenvalue weighted by atomic mass is 9.77. The second-order valence-corrected chi connectivity index (χ2v) is 5.01. The monoisotopic (exact) mass is 273 g/mol. The van der Waals surface area contributed by atoms with Crippen LogP contribution < -0.4 is 5.32 Å². The van der Waals surface area contributed by atoms with Crippen LogP contribution in [0.3, 0.4) is 0 Å². The van der Waals surface area contributed by atoms with Crippen LogP contribution in [0.15, 0.2) is 0 Å². The molecule has 3 N–H and O–H groups in total. The lowest BCUT2D eigenvalue weighted by molar-refractivity contribution is -0.137. The molecule has 1 fully saturated rings. The Labute approximate surface area is 113 Å². The molecule has 1 rings (SSSR count). The third kappa shape index (κ3) is 5.06. The van der Waals surface area contributed by atoms with Crippen molar-refractivity contribution >= 4 is 12.1 Å². The average molecular weight is 273 g/mol. The number of carbonyl (C=O) groups is 2. The first-order valence-electron chi connectivity index (χ1n) is 6.85. The standard InChI is InChI=1S/C13H23NO5/c1-2-19-12(17)14-10-6-3-4-8-13(10,18)9-5-7-11(15)16/h10,18H,2-9H2,1H3,(H,14,17)(H,15,16)/t10-,13+/m0/s1. The maximum absolute atomic E-state index is 11.4. The molecule has 0 aromatic rings. The number of carbonyl (C=O) groups excluding carboxylic acids is 1. The number of amides is 1. The molecule has 1 saturated carbocycles. The number of rotatable bonds is 6. The van der Waals surface area contributed by atoms with Gasteiger partial charge >= 0.3 is 12.1 Å². The highest BCUT2D eigenvalue weighted by atomic mass is 16.5. The Kier molecular flexibility index (Phi) is 6.08. The first-order valence-corrected chi connectivity index (χ1v) is 6.85. The molecule has 2 atom stereocenters. The van der Waals surface area contributed by atoms with E-state index in [2.05, 4.69) is 5.32 Å². The predicted octanol–water partition coefficient (Wildman–Crippen LogP) is 1.66. The summed E-state index contributed by atoms with van der Waals surface area (Å²) in [5, 5.41) is 21.9. The minimum atomic E-state index is -1.01. The molecule has 1 aliphatic rings. The van der Waals surface area contributed by atoms with Crippen molar-refractivity contribution in [3.05, 3.63) is 0 Å². The zero-order valence-electron chi connectivity index (χ0n) is 11.4. The van der Waals surface area contributed by atoms with Crippen LogP contribution in [-0.2, 0) is 9.53 Å². The Morgan fingerprint density at radius 3 is 2.79 bits per heavy atom. The largest absolute Gasteiger partial charge is 0.481 e. The molecule has 0 radical (unpaired) electrons. The molecule has 0 aliphatic heterocycles. The van der Waals surface area contributed by atoms with E-state index in [0.717, 1.165) is 12.8 Å². The van der Waals surface area contributed by atoms with Gasteiger partial charge in [-0.3, -0.25) is 4.79 Å². The molecule has 1 amide bonds. The highest BCUT2D eigenvalue weighted by Crippen LogP contribution is 2.32. The van der Waals surface area contributed by atoms with Crippen LogP contribution in [0.5, 0.6) is 0 Å². The number of nitrogens with one attached hydrogen (secondary N) is 1. The van der Waals surface area contributed by atoms with Crippen molar-refractivity contribution in [1.29, 1.82) is 0 Å². The average Bonchev–Trinajstić information content (AvgIpc) is 2.32. The Bertz CT molecular complexity index is 320. The molecular formula is C13H23NO5. The second kappa shape index (κ2) is 7.33. The smallest absolute Gasteiger partial charge is 0.407 e. The van der Waals surface area contributed by atoms with Gasteiger partial charge in [0.25, 0.3) is 0 Å². The normalized spacial score (nSPS) is 26.7. The summed E-state index contributed by atoms with van der Waals surface area (Å²) in [6.45, 7) is 2.01. The Morgan fingerprint density at radius 2 is 2.16 bits per heavy atom. The van der Waals surface area contributed by atoms with Gasteiger partial charge in [-0.2, -0.15) is 0 Å². The third-order valence-corrected chi connectivity index (χ3v) is 3.57. The van der Waals surface area contributed by atoms with E-state index in [4.69, 9.17) is 9.84 Å².